The monoisotopic (exact) mass is 808 g/mol. The van der Waals surface area contributed by atoms with Crippen LogP contribution >= 0.6 is 22.7 Å². The number of rotatable bonds is 12. The Hall–Kier alpha value is -6.33. The molecule has 0 saturated heterocycles. The number of carbonyl (C=O) groups is 4. The van der Waals surface area contributed by atoms with Gasteiger partial charge in [0.05, 0.1) is 36.2 Å². The van der Waals surface area contributed by atoms with E-state index in [-0.39, 0.29) is 22.7 Å². The fourth-order valence-electron chi connectivity index (χ4n) is 5.16. The standard InChI is InChI=1S/C20H14F4N2O3S.C19H15FN2O3S/c21-14-3-1-2-12(8-14)15(9-17(27)28)25-18(29)16-10-30-19(26-16)11-4-6-13(7-5-11)20(22,23)24;20-14-8-6-13(7-9-14)15(10-17(23)24)21-18(25)19-22-16(11-26-19)12-4-2-1-3-5-12/h1-8,10,15H,9H2,(H,25,29)(H,27,28);1-9,11,15H,10H2,(H,21,25)(H,23,24)/t2*15-/m00/s1. The normalized spacial score (nSPS) is 12.1. The van der Waals surface area contributed by atoms with Crippen LogP contribution in [0.5, 0.6) is 0 Å². The van der Waals surface area contributed by atoms with Gasteiger partial charge in [0.15, 0.2) is 5.01 Å². The van der Waals surface area contributed by atoms with E-state index in [1.807, 2.05) is 30.3 Å². The SMILES string of the molecule is O=C(O)C[C@H](NC(=O)c1csc(-c2ccc(C(F)(F)F)cc2)n1)c1cccc(F)c1.O=C(O)C[C@H](NC(=O)c1nc(-c2ccccc2)cs1)c1ccc(F)cc1. The molecule has 2 aromatic heterocycles. The molecule has 0 aliphatic carbocycles. The summed E-state index contributed by atoms with van der Waals surface area (Å²) >= 11 is 2.23. The number of benzene rings is 4. The molecule has 2 amide bonds. The molecular formula is C39H29F5N4O6S2. The number of alkyl halides is 3. The molecule has 17 heteroatoms. The van der Waals surface area contributed by atoms with E-state index in [1.165, 1.54) is 71.3 Å². The van der Waals surface area contributed by atoms with Crippen LogP contribution in [0.25, 0.3) is 21.8 Å². The largest absolute Gasteiger partial charge is 0.481 e. The minimum Gasteiger partial charge on any atom is -0.481 e. The molecule has 0 fully saturated rings. The number of hydrogen-bond donors (Lipinski definition) is 4. The number of nitrogens with one attached hydrogen (secondary N) is 2. The number of nitrogens with zero attached hydrogens (tertiary/aromatic N) is 2. The molecule has 2 atom stereocenters. The first-order valence-corrected chi connectivity index (χ1v) is 18.1. The first-order valence-electron chi connectivity index (χ1n) is 16.4. The van der Waals surface area contributed by atoms with Crippen LogP contribution in [0.2, 0.25) is 0 Å². The van der Waals surface area contributed by atoms with Crippen molar-refractivity contribution >= 4 is 46.4 Å². The molecule has 10 nitrogen and oxygen atoms in total. The van der Waals surface area contributed by atoms with Crippen LogP contribution in [0.4, 0.5) is 22.0 Å². The third kappa shape index (κ3) is 11.3. The summed E-state index contributed by atoms with van der Waals surface area (Å²) in [7, 11) is 0. The molecule has 0 aliphatic heterocycles. The highest BCUT2D eigenvalue weighted by molar-refractivity contribution is 7.13. The van der Waals surface area contributed by atoms with E-state index in [2.05, 4.69) is 20.6 Å². The smallest absolute Gasteiger partial charge is 0.416 e. The van der Waals surface area contributed by atoms with Crippen molar-refractivity contribution in [2.24, 2.45) is 0 Å². The van der Waals surface area contributed by atoms with E-state index in [1.54, 1.807) is 5.38 Å². The third-order valence-electron chi connectivity index (χ3n) is 7.86. The van der Waals surface area contributed by atoms with E-state index in [0.717, 1.165) is 35.1 Å². The van der Waals surface area contributed by atoms with Gasteiger partial charge in [0, 0.05) is 21.9 Å². The zero-order valence-corrected chi connectivity index (χ0v) is 30.3. The van der Waals surface area contributed by atoms with Crippen molar-refractivity contribution in [3.05, 3.63) is 153 Å². The molecule has 4 N–H and O–H groups in total. The Kier molecular flexibility index (Phi) is 13.4. The number of thiazole rings is 2. The number of carboxylic acid groups (broad SMARTS) is 2. The summed E-state index contributed by atoms with van der Waals surface area (Å²) < 4.78 is 64.6. The van der Waals surface area contributed by atoms with Gasteiger partial charge in [-0.2, -0.15) is 13.2 Å². The lowest BCUT2D eigenvalue weighted by Gasteiger charge is -2.17. The Morgan fingerprint density at radius 2 is 1.27 bits per heavy atom. The van der Waals surface area contributed by atoms with Crippen LogP contribution in [0.1, 0.15) is 61.9 Å². The maximum absolute atomic E-state index is 13.5. The van der Waals surface area contributed by atoms with E-state index >= 15 is 0 Å². The molecule has 6 aromatic rings. The average molecular weight is 809 g/mol. The number of carbonyl (C=O) groups excluding carboxylic acids is 2. The summed E-state index contributed by atoms with van der Waals surface area (Å²) in [5.74, 6) is -4.40. The summed E-state index contributed by atoms with van der Waals surface area (Å²) in [6.45, 7) is 0. The molecule has 288 valence electrons. The lowest BCUT2D eigenvalue weighted by Crippen LogP contribution is -2.30. The lowest BCUT2D eigenvalue weighted by atomic mass is 10.0. The fraction of sp³-hybridized carbons (Fsp3) is 0.128. The highest BCUT2D eigenvalue weighted by Crippen LogP contribution is 2.32. The highest BCUT2D eigenvalue weighted by atomic mass is 32.1. The minimum atomic E-state index is -4.46. The third-order valence-corrected chi connectivity index (χ3v) is 9.59. The molecular weight excluding hydrogens is 780 g/mol. The molecule has 4 aromatic carbocycles. The molecule has 6 rings (SSSR count). The van der Waals surface area contributed by atoms with Gasteiger partial charge in [-0.3, -0.25) is 19.2 Å². The van der Waals surface area contributed by atoms with Gasteiger partial charge in [0.1, 0.15) is 22.3 Å². The Morgan fingerprint density at radius 1 is 0.643 bits per heavy atom. The molecule has 0 radical (unpaired) electrons. The van der Waals surface area contributed by atoms with Crippen LogP contribution in [-0.2, 0) is 15.8 Å². The van der Waals surface area contributed by atoms with E-state index in [0.29, 0.717) is 21.8 Å². The van der Waals surface area contributed by atoms with Gasteiger partial charge in [0.2, 0.25) is 0 Å². The predicted octanol–water partition coefficient (Wildman–Crippen LogP) is 8.81. The van der Waals surface area contributed by atoms with Crippen molar-refractivity contribution in [2.75, 3.05) is 0 Å². The van der Waals surface area contributed by atoms with Crippen molar-refractivity contribution in [3.8, 4) is 21.8 Å². The predicted molar refractivity (Wildman–Crippen MR) is 198 cm³/mol. The number of halogens is 5. The number of hydrogen-bond acceptors (Lipinski definition) is 8. The molecule has 0 spiro atoms. The maximum atomic E-state index is 13.5. The van der Waals surface area contributed by atoms with Gasteiger partial charge in [-0.15, -0.1) is 22.7 Å². The molecule has 0 bridgehead atoms. The molecule has 2 heterocycles. The average Bonchev–Trinajstić information content (AvgIpc) is 3.87. The Bertz CT molecular complexity index is 2300. The van der Waals surface area contributed by atoms with E-state index in [9.17, 15) is 41.1 Å². The van der Waals surface area contributed by atoms with Crippen molar-refractivity contribution in [2.45, 2.75) is 31.1 Å². The summed E-state index contributed by atoms with van der Waals surface area (Å²) in [5, 5.41) is 27.1. The Balaban J connectivity index is 0.000000216. The Morgan fingerprint density at radius 3 is 1.88 bits per heavy atom. The minimum absolute atomic E-state index is 0.0262. The van der Waals surface area contributed by atoms with Crippen LogP contribution < -0.4 is 10.6 Å². The van der Waals surface area contributed by atoms with Crippen molar-refractivity contribution in [1.29, 1.82) is 0 Å². The molecule has 0 unspecified atom stereocenters. The zero-order chi connectivity index (χ0) is 40.4. The molecule has 56 heavy (non-hydrogen) atoms. The topological polar surface area (TPSA) is 159 Å². The zero-order valence-electron chi connectivity index (χ0n) is 28.7. The Labute approximate surface area is 323 Å². The quantitative estimate of drug-likeness (QED) is 0.0894. The molecule has 0 saturated carbocycles. The van der Waals surface area contributed by atoms with Gasteiger partial charge in [-0.1, -0.05) is 66.7 Å². The molecule has 0 aliphatic rings. The van der Waals surface area contributed by atoms with Gasteiger partial charge in [-0.05, 0) is 47.5 Å². The van der Waals surface area contributed by atoms with Crippen molar-refractivity contribution in [1.82, 2.24) is 20.6 Å². The number of amides is 2. The van der Waals surface area contributed by atoms with Crippen LogP contribution in [0.3, 0.4) is 0 Å². The number of carboxylic acids is 2. The van der Waals surface area contributed by atoms with E-state index < -0.39 is 65.6 Å². The van der Waals surface area contributed by atoms with Crippen LogP contribution in [0, 0.1) is 11.6 Å². The fourth-order valence-corrected chi connectivity index (χ4v) is 6.69. The summed E-state index contributed by atoms with van der Waals surface area (Å²) in [6.07, 6.45) is -5.23. The summed E-state index contributed by atoms with van der Waals surface area (Å²) in [5.41, 5.74) is 1.94. The van der Waals surface area contributed by atoms with Crippen LogP contribution in [-0.4, -0.2) is 43.9 Å². The van der Waals surface area contributed by atoms with Crippen molar-refractivity contribution in [3.63, 3.8) is 0 Å². The number of aliphatic carboxylic acids is 2. The lowest BCUT2D eigenvalue weighted by molar-refractivity contribution is -0.138. The van der Waals surface area contributed by atoms with Crippen LogP contribution in [0.15, 0.2) is 114 Å². The van der Waals surface area contributed by atoms with Crippen molar-refractivity contribution < 1.29 is 51.3 Å². The van der Waals surface area contributed by atoms with Gasteiger partial charge >= 0.3 is 18.1 Å². The first kappa shape index (κ1) is 40.8. The van der Waals surface area contributed by atoms with E-state index in [4.69, 9.17) is 10.2 Å². The van der Waals surface area contributed by atoms with Gasteiger partial charge < -0.3 is 20.8 Å². The second kappa shape index (κ2) is 18.3. The summed E-state index contributed by atoms with van der Waals surface area (Å²) in [6, 6.07) is 22.6. The maximum Gasteiger partial charge on any atom is 0.416 e. The highest BCUT2D eigenvalue weighted by Gasteiger charge is 2.30. The van der Waals surface area contributed by atoms with Gasteiger partial charge in [-0.25, -0.2) is 18.7 Å². The van der Waals surface area contributed by atoms with Gasteiger partial charge in [0.25, 0.3) is 11.8 Å². The summed E-state index contributed by atoms with van der Waals surface area (Å²) in [4.78, 5) is 55.7. The first-order chi connectivity index (χ1) is 26.7. The second-order valence-corrected chi connectivity index (χ2v) is 13.6. The second-order valence-electron chi connectivity index (χ2n) is 11.9. The number of aromatic nitrogens is 2.